The van der Waals surface area contributed by atoms with E-state index in [4.69, 9.17) is 5.26 Å². The van der Waals surface area contributed by atoms with Gasteiger partial charge in [-0.25, -0.2) is 0 Å². The van der Waals surface area contributed by atoms with Crippen molar-refractivity contribution in [3.8, 4) is 6.07 Å². The van der Waals surface area contributed by atoms with Crippen LogP contribution in [0, 0.1) is 17.2 Å². The quantitative estimate of drug-likeness (QED) is 0.882. The standard InChI is InChI=1S/C16H17N3OS/c1-11(2)16(20)19-14-5-3-13(4-6-14)18-9-15-7-12(8-17)10-21-15/h3-7,10-11,18H,9H2,1-2H3,(H,19,20). The lowest BCUT2D eigenvalue weighted by molar-refractivity contribution is -0.118. The van der Waals surface area contributed by atoms with Crippen LogP contribution >= 0.6 is 11.3 Å². The maximum atomic E-state index is 11.6. The van der Waals surface area contributed by atoms with Crippen molar-refractivity contribution in [1.82, 2.24) is 0 Å². The highest BCUT2D eigenvalue weighted by molar-refractivity contribution is 7.10. The molecule has 0 spiro atoms. The number of nitrogens with zero attached hydrogens (tertiary/aromatic N) is 1. The van der Waals surface area contributed by atoms with Crippen LogP contribution in [0.5, 0.6) is 0 Å². The SMILES string of the molecule is CC(C)C(=O)Nc1ccc(NCc2cc(C#N)cs2)cc1. The zero-order valence-corrected chi connectivity index (χ0v) is 12.8. The van der Waals surface area contributed by atoms with E-state index in [1.807, 2.05) is 49.6 Å². The van der Waals surface area contributed by atoms with Crippen molar-refractivity contribution in [2.75, 3.05) is 10.6 Å². The van der Waals surface area contributed by atoms with Crippen molar-refractivity contribution in [2.24, 2.45) is 5.92 Å². The molecule has 108 valence electrons. The maximum Gasteiger partial charge on any atom is 0.226 e. The van der Waals surface area contributed by atoms with Crippen LogP contribution < -0.4 is 10.6 Å². The van der Waals surface area contributed by atoms with Crippen LogP contribution in [-0.2, 0) is 11.3 Å². The lowest BCUT2D eigenvalue weighted by Gasteiger charge is -2.09. The molecular weight excluding hydrogens is 282 g/mol. The minimum Gasteiger partial charge on any atom is -0.380 e. The normalized spacial score (nSPS) is 10.2. The fourth-order valence-electron chi connectivity index (χ4n) is 1.68. The number of hydrogen-bond acceptors (Lipinski definition) is 4. The van der Waals surface area contributed by atoms with Crippen molar-refractivity contribution >= 4 is 28.6 Å². The van der Waals surface area contributed by atoms with Crippen molar-refractivity contribution in [1.29, 1.82) is 5.26 Å². The average Bonchev–Trinajstić information content (AvgIpc) is 2.94. The lowest BCUT2D eigenvalue weighted by Crippen LogP contribution is -2.17. The molecule has 0 saturated heterocycles. The number of carbonyl (C=O) groups excluding carboxylic acids is 1. The average molecular weight is 299 g/mol. The van der Waals surface area contributed by atoms with Crippen LogP contribution in [0.4, 0.5) is 11.4 Å². The molecule has 4 nitrogen and oxygen atoms in total. The summed E-state index contributed by atoms with van der Waals surface area (Å²) < 4.78 is 0. The number of thiophene rings is 1. The zero-order valence-electron chi connectivity index (χ0n) is 12.0. The predicted molar refractivity (Wildman–Crippen MR) is 86.3 cm³/mol. The van der Waals surface area contributed by atoms with Gasteiger partial charge in [-0.2, -0.15) is 5.26 Å². The van der Waals surface area contributed by atoms with Gasteiger partial charge in [0, 0.05) is 34.1 Å². The van der Waals surface area contributed by atoms with Crippen molar-refractivity contribution in [3.05, 3.63) is 46.2 Å². The Morgan fingerprint density at radius 3 is 2.52 bits per heavy atom. The van der Waals surface area contributed by atoms with Gasteiger partial charge in [0.05, 0.1) is 5.56 Å². The van der Waals surface area contributed by atoms with Crippen LogP contribution in [0.3, 0.4) is 0 Å². The molecule has 2 N–H and O–H groups in total. The van der Waals surface area contributed by atoms with Gasteiger partial charge >= 0.3 is 0 Å². The van der Waals surface area contributed by atoms with Crippen molar-refractivity contribution < 1.29 is 4.79 Å². The van der Waals surface area contributed by atoms with Crippen molar-refractivity contribution in [3.63, 3.8) is 0 Å². The molecule has 2 rings (SSSR count). The zero-order chi connectivity index (χ0) is 15.2. The van der Waals surface area contributed by atoms with E-state index in [-0.39, 0.29) is 11.8 Å². The smallest absolute Gasteiger partial charge is 0.226 e. The molecule has 1 aromatic carbocycles. The molecule has 2 aromatic rings. The summed E-state index contributed by atoms with van der Waals surface area (Å²) in [6.45, 7) is 4.41. The van der Waals surface area contributed by atoms with E-state index in [2.05, 4.69) is 16.7 Å². The number of amides is 1. The summed E-state index contributed by atoms with van der Waals surface area (Å²) in [7, 11) is 0. The Bertz CT molecular complexity index is 653. The Balaban J connectivity index is 1.90. The van der Waals surface area contributed by atoms with Crippen LogP contribution in [0.1, 0.15) is 24.3 Å². The van der Waals surface area contributed by atoms with E-state index in [1.165, 1.54) is 0 Å². The first-order valence-corrected chi connectivity index (χ1v) is 7.59. The number of carbonyl (C=O) groups is 1. The first kappa shape index (κ1) is 15.1. The summed E-state index contributed by atoms with van der Waals surface area (Å²) in [6.07, 6.45) is 0. The second kappa shape index (κ2) is 6.91. The minimum atomic E-state index is -0.0315. The molecular formula is C16H17N3OS. The third-order valence-electron chi connectivity index (χ3n) is 2.93. The van der Waals surface area contributed by atoms with Gasteiger partial charge in [-0.05, 0) is 30.3 Å². The largest absolute Gasteiger partial charge is 0.380 e. The number of benzene rings is 1. The molecule has 0 saturated carbocycles. The Morgan fingerprint density at radius 1 is 1.29 bits per heavy atom. The topological polar surface area (TPSA) is 64.9 Å². The first-order chi connectivity index (χ1) is 10.1. The van der Waals surface area contributed by atoms with E-state index in [0.29, 0.717) is 12.1 Å². The van der Waals surface area contributed by atoms with Gasteiger partial charge in [0.15, 0.2) is 0 Å². The number of anilines is 2. The Labute approximate surface area is 128 Å². The van der Waals surface area contributed by atoms with Gasteiger partial charge in [-0.1, -0.05) is 13.8 Å². The second-order valence-corrected chi connectivity index (χ2v) is 5.98. The van der Waals surface area contributed by atoms with Crippen LogP contribution in [0.15, 0.2) is 35.7 Å². The minimum absolute atomic E-state index is 0.0123. The molecule has 1 aromatic heterocycles. The summed E-state index contributed by atoms with van der Waals surface area (Å²) >= 11 is 1.57. The number of rotatable bonds is 5. The van der Waals surface area contributed by atoms with Gasteiger partial charge in [0.25, 0.3) is 0 Å². The van der Waals surface area contributed by atoms with Gasteiger partial charge in [-0.3, -0.25) is 4.79 Å². The molecule has 0 aliphatic rings. The first-order valence-electron chi connectivity index (χ1n) is 6.71. The fourth-order valence-corrected chi connectivity index (χ4v) is 2.43. The Morgan fingerprint density at radius 2 is 1.95 bits per heavy atom. The Hall–Kier alpha value is -2.32. The van der Waals surface area contributed by atoms with E-state index < -0.39 is 0 Å². The summed E-state index contributed by atoms with van der Waals surface area (Å²) in [5.74, 6) is -0.0192. The molecule has 5 heteroatoms. The van der Waals surface area contributed by atoms with Crippen LogP contribution in [0.25, 0.3) is 0 Å². The lowest BCUT2D eigenvalue weighted by atomic mass is 10.2. The highest BCUT2D eigenvalue weighted by atomic mass is 32.1. The molecule has 21 heavy (non-hydrogen) atoms. The predicted octanol–water partition coefficient (Wildman–Crippen LogP) is 3.83. The van der Waals surface area contributed by atoms with E-state index in [1.54, 1.807) is 11.3 Å². The molecule has 1 amide bonds. The Kier molecular flexibility index (Phi) is 4.96. The summed E-state index contributed by atoms with van der Waals surface area (Å²) in [5, 5.41) is 16.8. The molecule has 0 radical (unpaired) electrons. The third kappa shape index (κ3) is 4.33. The van der Waals surface area contributed by atoms with Gasteiger partial charge in [0.2, 0.25) is 5.91 Å². The molecule has 0 unspecified atom stereocenters. The summed E-state index contributed by atoms with van der Waals surface area (Å²) in [5.41, 5.74) is 2.47. The van der Waals surface area contributed by atoms with E-state index >= 15 is 0 Å². The second-order valence-electron chi connectivity index (χ2n) is 4.99. The molecule has 0 aliphatic heterocycles. The number of hydrogen-bond donors (Lipinski definition) is 2. The highest BCUT2D eigenvalue weighted by Gasteiger charge is 2.06. The van der Waals surface area contributed by atoms with Gasteiger partial charge < -0.3 is 10.6 Å². The summed E-state index contributed by atoms with van der Waals surface area (Å²) in [4.78, 5) is 12.7. The maximum absolute atomic E-state index is 11.6. The molecule has 0 atom stereocenters. The van der Waals surface area contributed by atoms with Crippen LogP contribution in [0.2, 0.25) is 0 Å². The fraction of sp³-hybridized carbons (Fsp3) is 0.250. The van der Waals surface area contributed by atoms with Gasteiger partial charge in [0.1, 0.15) is 6.07 Å². The molecule has 1 heterocycles. The molecule has 0 fully saturated rings. The van der Waals surface area contributed by atoms with Crippen LogP contribution in [-0.4, -0.2) is 5.91 Å². The molecule has 0 aliphatic carbocycles. The number of nitriles is 1. The number of nitrogens with one attached hydrogen (secondary N) is 2. The van der Waals surface area contributed by atoms with E-state index in [9.17, 15) is 4.79 Å². The third-order valence-corrected chi connectivity index (χ3v) is 3.86. The summed E-state index contributed by atoms with van der Waals surface area (Å²) in [6, 6.07) is 11.6. The molecule has 0 bridgehead atoms. The van der Waals surface area contributed by atoms with E-state index in [0.717, 1.165) is 16.3 Å². The highest BCUT2D eigenvalue weighted by Crippen LogP contribution is 2.18. The van der Waals surface area contributed by atoms with Crippen molar-refractivity contribution in [2.45, 2.75) is 20.4 Å². The van der Waals surface area contributed by atoms with Gasteiger partial charge in [-0.15, -0.1) is 11.3 Å². The monoisotopic (exact) mass is 299 g/mol.